The number of hydrogen-bond donors (Lipinski definition) is 0. The van der Waals surface area contributed by atoms with Gasteiger partial charge in [-0.3, -0.25) is 0 Å². The van der Waals surface area contributed by atoms with E-state index in [0.717, 1.165) is 5.92 Å². The Morgan fingerprint density at radius 2 is 1.53 bits per heavy atom. The third-order valence-corrected chi connectivity index (χ3v) is 4.21. The van der Waals surface area contributed by atoms with E-state index in [-0.39, 0.29) is 0 Å². The van der Waals surface area contributed by atoms with E-state index in [9.17, 15) is 0 Å². The molecular weight excluding hydrogens is 180 g/mol. The molecule has 15 heavy (non-hydrogen) atoms. The Labute approximate surface area is 97.2 Å². The van der Waals surface area contributed by atoms with Gasteiger partial charge in [0.05, 0.1) is 0 Å². The Morgan fingerprint density at radius 3 is 1.87 bits per heavy atom. The van der Waals surface area contributed by atoms with Crippen LogP contribution in [-0.4, -0.2) is 0 Å². The highest BCUT2D eigenvalue weighted by atomic mass is 14.3. The maximum absolute atomic E-state index is 2.44. The maximum Gasteiger partial charge on any atom is -0.0126 e. The minimum absolute atomic E-state index is 0.379. The number of allylic oxidation sites excluding steroid dienone is 2. The van der Waals surface area contributed by atoms with Gasteiger partial charge in [0, 0.05) is 0 Å². The van der Waals surface area contributed by atoms with Crippen molar-refractivity contribution in [2.45, 2.75) is 67.7 Å². The van der Waals surface area contributed by atoms with Crippen LogP contribution in [0.15, 0.2) is 12.2 Å². The van der Waals surface area contributed by atoms with E-state index >= 15 is 0 Å². The predicted molar refractivity (Wildman–Crippen MR) is 71.1 cm³/mol. The molecule has 0 nitrogen and oxygen atoms in total. The zero-order valence-electron chi connectivity index (χ0n) is 11.9. The predicted octanol–water partition coefficient (Wildman–Crippen LogP) is 5.44. The molecule has 0 aliphatic carbocycles. The summed E-state index contributed by atoms with van der Waals surface area (Å²) in [7, 11) is 0. The zero-order valence-corrected chi connectivity index (χ0v) is 11.9. The highest BCUT2D eigenvalue weighted by molar-refractivity contribution is 4.99. The van der Waals surface area contributed by atoms with Crippen molar-refractivity contribution < 1.29 is 0 Å². The zero-order chi connectivity index (χ0) is 12.1. The first-order valence-corrected chi connectivity index (χ1v) is 6.45. The van der Waals surface area contributed by atoms with Gasteiger partial charge in [0.15, 0.2) is 0 Å². The minimum atomic E-state index is 0.379. The summed E-state index contributed by atoms with van der Waals surface area (Å²) >= 11 is 0. The van der Waals surface area contributed by atoms with Gasteiger partial charge < -0.3 is 0 Å². The normalized spacial score (nSPS) is 17.3. The molecule has 0 radical (unpaired) electrons. The van der Waals surface area contributed by atoms with Crippen molar-refractivity contribution >= 4 is 0 Å². The van der Waals surface area contributed by atoms with Crippen molar-refractivity contribution in [3.05, 3.63) is 12.2 Å². The fourth-order valence-corrected chi connectivity index (χ4v) is 1.51. The molecule has 0 amide bonds. The summed E-state index contributed by atoms with van der Waals surface area (Å²) in [5, 5.41) is 0. The lowest BCUT2D eigenvalue weighted by Crippen LogP contribution is -2.19. The van der Waals surface area contributed by atoms with Crippen LogP contribution >= 0.6 is 0 Å². The van der Waals surface area contributed by atoms with Crippen LogP contribution in [0.2, 0.25) is 0 Å². The highest BCUT2D eigenvalue weighted by Gasteiger charge is 2.23. The van der Waals surface area contributed by atoms with Crippen molar-refractivity contribution in [2.24, 2.45) is 16.7 Å². The SMILES string of the molecule is CCC(C)(C)CC=CC(C)(CC)C(C)C. The Kier molecular flexibility index (Phi) is 5.62. The second kappa shape index (κ2) is 5.72. The average molecular weight is 210 g/mol. The van der Waals surface area contributed by atoms with E-state index in [1.165, 1.54) is 19.3 Å². The molecule has 1 atom stereocenters. The molecule has 0 aromatic heterocycles. The number of rotatable bonds is 6. The van der Waals surface area contributed by atoms with E-state index in [1.807, 2.05) is 0 Å². The van der Waals surface area contributed by atoms with Crippen molar-refractivity contribution in [2.75, 3.05) is 0 Å². The van der Waals surface area contributed by atoms with Crippen LogP contribution in [0.4, 0.5) is 0 Å². The molecule has 0 aromatic rings. The minimum Gasteiger partial charge on any atom is -0.0874 e. The smallest absolute Gasteiger partial charge is 0.0126 e. The molecular formula is C15H30. The molecule has 0 heteroatoms. The topological polar surface area (TPSA) is 0 Å². The van der Waals surface area contributed by atoms with Gasteiger partial charge in [-0.1, -0.05) is 67.0 Å². The summed E-state index contributed by atoms with van der Waals surface area (Å²) in [4.78, 5) is 0. The van der Waals surface area contributed by atoms with Crippen LogP contribution in [0.25, 0.3) is 0 Å². The lowest BCUT2D eigenvalue weighted by Gasteiger charge is -2.30. The first-order chi connectivity index (χ1) is 6.77. The molecule has 0 aliphatic rings. The van der Waals surface area contributed by atoms with Gasteiger partial charge in [-0.05, 0) is 29.6 Å². The van der Waals surface area contributed by atoms with Crippen LogP contribution in [0.1, 0.15) is 67.7 Å². The highest BCUT2D eigenvalue weighted by Crippen LogP contribution is 2.33. The standard InChI is InChI=1S/C15H30/c1-8-14(5,6)11-10-12-15(7,9-2)13(3)4/h10,12-13H,8-9,11H2,1-7H3. The van der Waals surface area contributed by atoms with Crippen LogP contribution in [-0.2, 0) is 0 Å². The van der Waals surface area contributed by atoms with E-state index in [1.54, 1.807) is 0 Å². The van der Waals surface area contributed by atoms with Gasteiger partial charge in [-0.2, -0.15) is 0 Å². The molecule has 0 saturated carbocycles. The maximum atomic E-state index is 2.44. The first-order valence-electron chi connectivity index (χ1n) is 6.45. The van der Waals surface area contributed by atoms with Gasteiger partial charge in [-0.15, -0.1) is 0 Å². The summed E-state index contributed by atoms with van der Waals surface area (Å²) in [6.07, 6.45) is 8.52. The summed E-state index contributed by atoms with van der Waals surface area (Å²) in [6, 6.07) is 0. The van der Waals surface area contributed by atoms with Gasteiger partial charge in [0.1, 0.15) is 0 Å². The van der Waals surface area contributed by atoms with Crippen molar-refractivity contribution in [1.29, 1.82) is 0 Å². The average Bonchev–Trinajstić information content (AvgIpc) is 2.17. The monoisotopic (exact) mass is 210 g/mol. The second-order valence-corrected chi connectivity index (χ2v) is 6.14. The van der Waals surface area contributed by atoms with Gasteiger partial charge >= 0.3 is 0 Å². The van der Waals surface area contributed by atoms with Crippen LogP contribution in [0.3, 0.4) is 0 Å². The Morgan fingerprint density at radius 1 is 1.00 bits per heavy atom. The summed E-state index contributed by atoms with van der Waals surface area (Å²) in [5.74, 6) is 0.725. The van der Waals surface area contributed by atoms with E-state index < -0.39 is 0 Å². The van der Waals surface area contributed by atoms with Crippen LogP contribution in [0, 0.1) is 16.7 Å². The van der Waals surface area contributed by atoms with E-state index in [4.69, 9.17) is 0 Å². The lowest BCUT2D eigenvalue weighted by molar-refractivity contribution is 0.283. The van der Waals surface area contributed by atoms with Gasteiger partial charge in [-0.25, -0.2) is 0 Å². The molecule has 0 bridgehead atoms. The Balaban J connectivity index is 4.38. The first kappa shape index (κ1) is 14.7. The Hall–Kier alpha value is -0.260. The molecule has 0 aliphatic heterocycles. The number of hydrogen-bond acceptors (Lipinski definition) is 0. The summed E-state index contributed by atoms with van der Waals surface area (Å²) in [6.45, 7) is 16.3. The molecule has 1 unspecified atom stereocenters. The van der Waals surface area contributed by atoms with Crippen molar-refractivity contribution in [3.8, 4) is 0 Å². The van der Waals surface area contributed by atoms with Crippen LogP contribution < -0.4 is 0 Å². The Bertz CT molecular complexity index is 198. The third-order valence-electron chi connectivity index (χ3n) is 4.21. The molecule has 0 heterocycles. The molecule has 0 saturated heterocycles. The lowest BCUT2D eigenvalue weighted by atomic mass is 9.75. The fraction of sp³-hybridized carbons (Fsp3) is 0.867. The largest absolute Gasteiger partial charge is 0.0874 e. The molecule has 90 valence electrons. The molecule has 0 aromatic carbocycles. The summed E-state index contributed by atoms with van der Waals surface area (Å²) in [5.41, 5.74) is 0.839. The quantitative estimate of drug-likeness (QED) is 0.512. The fourth-order valence-electron chi connectivity index (χ4n) is 1.51. The van der Waals surface area contributed by atoms with Crippen molar-refractivity contribution in [1.82, 2.24) is 0 Å². The second-order valence-electron chi connectivity index (χ2n) is 6.14. The third kappa shape index (κ3) is 4.86. The van der Waals surface area contributed by atoms with Crippen molar-refractivity contribution in [3.63, 3.8) is 0 Å². The molecule has 0 spiro atoms. The molecule has 0 fully saturated rings. The van der Waals surface area contributed by atoms with Gasteiger partial charge in [0.25, 0.3) is 0 Å². The van der Waals surface area contributed by atoms with Crippen LogP contribution in [0.5, 0.6) is 0 Å². The van der Waals surface area contributed by atoms with E-state index in [0.29, 0.717) is 10.8 Å². The molecule has 0 rings (SSSR count). The van der Waals surface area contributed by atoms with Gasteiger partial charge in [0.2, 0.25) is 0 Å². The van der Waals surface area contributed by atoms with E-state index in [2.05, 4.69) is 60.6 Å². The molecule has 0 N–H and O–H groups in total. The summed E-state index contributed by atoms with van der Waals surface area (Å²) < 4.78 is 0.